The molecule has 0 aromatic carbocycles. The van der Waals surface area contributed by atoms with Gasteiger partial charge in [0, 0.05) is 0 Å². The van der Waals surface area contributed by atoms with Gasteiger partial charge in [0.25, 0.3) is 0 Å². The fourth-order valence-electron chi connectivity index (χ4n) is 2.36. The first kappa shape index (κ1) is 8.10. The minimum absolute atomic E-state index is 0.514. The molecule has 10 heavy (non-hydrogen) atoms. The van der Waals surface area contributed by atoms with Crippen molar-refractivity contribution in [1.29, 1.82) is 0 Å². The van der Waals surface area contributed by atoms with Crippen LogP contribution in [0.15, 0.2) is 0 Å². The molecule has 0 saturated heterocycles. The Morgan fingerprint density at radius 3 is 1.00 bits per heavy atom. The summed E-state index contributed by atoms with van der Waals surface area (Å²) in [7, 11) is 0. The molecule has 0 radical (unpaired) electrons. The highest BCUT2D eigenvalue weighted by Gasteiger charge is 2.58. The Balaban J connectivity index is 2.85. The molecule has 1 aliphatic carbocycles. The average Bonchev–Trinajstić information content (AvgIpc) is 1.61. The molecule has 0 aromatic rings. The van der Waals surface area contributed by atoms with E-state index < -0.39 is 0 Å². The zero-order valence-corrected chi connectivity index (χ0v) is 8.21. The molecular weight excluding hydrogens is 120 g/mol. The predicted octanol–water partition coefficient (Wildman–Crippen LogP) is 3.47. The molecule has 0 unspecified atom stereocenters. The van der Waals surface area contributed by atoms with Crippen LogP contribution in [0.3, 0.4) is 0 Å². The van der Waals surface area contributed by atoms with Crippen molar-refractivity contribution >= 4 is 0 Å². The first-order valence-corrected chi connectivity index (χ1v) is 4.21. The second-order valence-electron chi connectivity index (χ2n) is 5.57. The van der Waals surface area contributed by atoms with E-state index in [1.165, 1.54) is 6.42 Å². The molecule has 0 heterocycles. The van der Waals surface area contributed by atoms with Gasteiger partial charge in [0.2, 0.25) is 0 Å². The van der Waals surface area contributed by atoms with Gasteiger partial charge >= 0.3 is 0 Å². The van der Waals surface area contributed by atoms with Crippen molar-refractivity contribution < 1.29 is 0 Å². The second-order valence-corrected chi connectivity index (χ2v) is 5.57. The Bertz CT molecular complexity index is 133. The lowest BCUT2D eigenvalue weighted by molar-refractivity contribution is -0.156. The smallest absolute Gasteiger partial charge is 0.0251 e. The highest BCUT2D eigenvalue weighted by atomic mass is 14.6. The number of hydrogen-bond acceptors (Lipinski definition) is 0. The largest absolute Gasteiger partial charge is 0.0594 e. The molecular formula is C10H20. The summed E-state index contributed by atoms with van der Waals surface area (Å²) in [6, 6.07) is 0. The van der Waals surface area contributed by atoms with Crippen LogP contribution in [0.2, 0.25) is 0 Å². The second kappa shape index (κ2) is 1.60. The van der Waals surface area contributed by atoms with E-state index in [0.29, 0.717) is 16.2 Å². The van der Waals surface area contributed by atoms with Gasteiger partial charge in [-0.05, 0) is 22.7 Å². The summed E-state index contributed by atoms with van der Waals surface area (Å²) in [5.41, 5.74) is 1.62. The van der Waals surface area contributed by atoms with E-state index in [1.807, 2.05) is 0 Å². The van der Waals surface area contributed by atoms with Crippen LogP contribution >= 0.6 is 0 Å². The Kier molecular flexibility index (Phi) is 1.29. The summed E-state index contributed by atoms with van der Waals surface area (Å²) in [6.45, 7) is 14.3. The van der Waals surface area contributed by atoms with Gasteiger partial charge in [0.15, 0.2) is 0 Å². The van der Waals surface area contributed by atoms with E-state index in [4.69, 9.17) is 0 Å². The third kappa shape index (κ3) is 0.681. The third-order valence-corrected chi connectivity index (χ3v) is 4.27. The molecule has 1 fully saturated rings. The van der Waals surface area contributed by atoms with E-state index in [2.05, 4.69) is 41.5 Å². The zero-order valence-electron chi connectivity index (χ0n) is 8.21. The van der Waals surface area contributed by atoms with E-state index in [0.717, 1.165) is 0 Å². The molecule has 0 amide bonds. The van der Waals surface area contributed by atoms with Crippen LogP contribution in [0.1, 0.15) is 48.0 Å². The molecule has 1 saturated carbocycles. The summed E-state index contributed by atoms with van der Waals surface area (Å²) in [4.78, 5) is 0. The Hall–Kier alpha value is 0. The molecule has 1 aliphatic rings. The lowest BCUT2D eigenvalue weighted by Crippen LogP contribution is -2.57. The Morgan fingerprint density at radius 2 is 1.00 bits per heavy atom. The van der Waals surface area contributed by atoms with Crippen molar-refractivity contribution in [3.05, 3.63) is 0 Å². The molecule has 1 rings (SSSR count). The monoisotopic (exact) mass is 140 g/mol. The summed E-state index contributed by atoms with van der Waals surface area (Å²) in [5, 5.41) is 0. The Morgan fingerprint density at radius 1 is 0.700 bits per heavy atom. The van der Waals surface area contributed by atoms with Gasteiger partial charge in [-0.2, -0.15) is 0 Å². The zero-order chi connectivity index (χ0) is 8.21. The standard InChI is InChI=1S/C10H20/c1-8(2)7-9(3,4)10(8,5)6/h7H2,1-6H3. The summed E-state index contributed by atoms with van der Waals surface area (Å²) < 4.78 is 0. The number of rotatable bonds is 0. The fourth-order valence-corrected chi connectivity index (χ4v) is 2.36. The summed E-state index contributed by atoms with van der Waals surface area (Å²) >= 11 is 0. The maximum Gasteiger partial charge on any atom is -0.0251 e. The molecule has 0 bridgehead atoms. The summed E-state index contributed by atoms with van der Waals surface area (Å²) in [6.07, 6.45) is 1.37. The van der Waals surface area contributed by atoms with Gasteiger partial charge in [0.1, 0.15) is 0 Å². The van der Waals surface area contributed by atoms with Gasteiger partial charge in [-0.3, -0.25) is 0 Å². The van der Waals surface area contributed by atoms with Crippen LogP contribution < -0.4 is 0 Å². The van der Waals surface area contributed by atoms with Crippen LogP contribution in [0.25, 0.3) is 0 Å². The summed E-state index contributed by atoms with van der Waals surface area (Å²) in [5.74, 6) is 0. The van der Waals surface area contributed by atoms with Crippen LogP contribution in [0.5, 0.6) is 0 Å². The minimum atomic E-state index is 0.514. The van der Waals surface area contributed by atoms with Gasteiger partial charge in [-0.25, -0.2) is 0 Å². The lowest BCUT2D eigenvalue weighted by Gasteiger charge is -2.65. The van der Waals surface area contributed by atoms with Crippen molar-refractivity contribution in [2.24, 2.45) is 16.2 Å². The molecule has 0 aliphatic heterocycles. The quantitative estimate of drug-likeness (QED) is 0.483. The molecule has 60 valence electrons. The molecule has 0 heteroatoms. The topological polar surface area (TPSA) is 0 Å². The molecule has 0 atom stereocenters. The molecule has 0 aromatic heterocycles. The van der Waals surface area contributed by atoms with Crippen molar-refractivity contribution in [2.45, 2.75) is 48.0 Å². The van der Waals surface area contributed by atoms with Crippen molar-refractivity contribution in [3.63, 3.8) is 0 Å². The van der Waals surface area contributed by atoms with E-state index in [1.54, 1.807) is 0 Å². The molecule has 0 nitrogen and oxygen atoms in total. The minimum Gasteiger partial charge on any atom is -0.0594 e. The van der Waals surface area contributed by atoms with Gasteiger partial charge < -0.3 is 0 Å². The maximum absolute atomic E-state index is 2.39. The Labute approximate surface area is 65.0 Å². The van der Waals surface area contributed by atoms with Crippen LogP contribution in [0, 0.1) is 16.2 Å². The van der Waals surface area contributed by atoms with Crippen molar-refractivity contribution in [3.8, 4) is 0 Å². The number of hydrogen-bond donors (Lipinski definition) is 0. The molecule has 0 spiro atoms. The van der Waals surface area contributed by atoms with Gasteiger partial charge in [-0.15, -0.1) is 0 Å². The van der Waals surface area contributed by atoms with Crippen LogP contribution in [0.4, 0.5) is 0 Å². The van der Waals surface area contributed by atoms with Crippen molar-refractivity contribution in [2.75, 3.05) is 0 Å². The van der Waals surface area contributed by atoms with Gasteiger partial charge in [0.05, 0.1) is 0 Å². The SMILES string of the molecule is CC1(C)CC(C)(C)C1(C)C. The fraction of sp³-hybridized carbons (Fsp3) is 1.00. The third-order valence-electron chi connectivity index (χ3n) is 4.27. The predicted molar refractivity (Wildman–Crippen MR) is 46.0 cm³/mol. The van der Waals surface area contributed by atoms with Crippen LogP contribution in [-0.4, -0.2) is 0 Å². The first-order chi connectivity index (χ1) is 4.21. The van der Waals surface area contributed by atoms with E-state index >= 15 is 0 Å². The lowest BCUT2D eigenvalue weighted by atomic mass is 9.40. The van der Waals surface area contributed by atoms with E-state index in [-0.39, 0.29) is 0 Å². The highest BCUT2D eigenvalue weighted by molar-refractivity contribution is 5.07. The maximum atomic E-state index is 2.39. The first-order valence-electron chi connectivity index (χ1n) is 4.21. The van der Waals surface area contributed by atoms with Crippen LogP contribution in [-0.2, 0) is 0 Å². The van der Waals surface area contributed by atoms with Gasteiger partial charge in [-0.1, -0.05) is 41.5 Å². The molecule has 0 N–H and O–H groups in total. The highest BCUT2D eigenvalue weighted by Crippen LogP contribution is 2.67. The normalized spacial score (nSPS) is 33.0. The average molecular weight is 140 g/mol. The van der Waals surface area contributed by atoms with Crippen molar-refractivity contribution in [1.82, 2.24) is 0 Å². The van der Waals surface area contributed by atoms with E-state index in [9.17, 15) is 0 Å².